The first-order valence-corrected chi connectivity index (χ1v) is 8.94. The van der Waals surface area contributed by atoms with Crippen molar-refractivity contribution in [1.29, 1.82) is 0 Å². The summed E-state index contributed by atoms with van der Waals surface area (Å²) in [4.78, 5) is 35.3. The summed E-state index contributed by atoms with van der Waals surface area (Å²) in [6.07, 6.45) is -4.50. The van der Waals surface area contributed by atoms with E-state index in [0.717, 1.165) is 12.1 Å². The van der Waals surface area contributed by atoms with E-state index in [2.05, 4.69) is 16.0 Å². The Kier molecular flexibility index (Phi) is 7.79. The van der Waals surface area contributed by atoms with Crippen LogP contribution in [0.3, 0.4) is 0 Å². The Labute approximate surface area is 170 Å². The average Bonchev–Trinajstić information content (AvgIpc) is 2.70. The number of anilines is 2. The number of rotatable bonds is 8. The Morgan fingerprint density at radius 1 is 0.967 bits per heavy atom. The van der Waals surface area contributed by atoms with Gasteiger partial charge in [-0.15, -0.1) is 0 Å². The smallest absolute Gasteiger partial charge is 0.416 e. The highest BCUT2D eigenvalue weighted by Crippen LogP contribution is 2.31. The number of carbonyl (C=O) groups is 3. The highest BCUT2D eigenvalue weighted by atomic mass is 19.4. The molecular weight excluding hydrogens is 403 g/mol. The third-order valence-electron chi connectivity index (χ3n) is 3.77. The molecule has 160 valence electrons. The van der Waals surface area contributed by atoms with E-state index in [1.807, 2.05) is 0 Å². The maximum atomic E-state index is 12.9. The van der Waals surface area contributed by atoms with Crippen molar-refractivity contribution in [3.63, 3.8) is 0 Å². The van der Waals surface area contributed by atoms with Crippen molar-refractivity contribution in [2.24, 2.45) is 0 Å². The third-order valence-corrected chi connectivity index (χ3v) is 3.77. The van der Waals surface area contributed by atoms with Gasteiger partial charge in [-0.3, -0.25) is 9.59 Å². The summed E-state index contributed by atoms with van der Waals surface area (Å²) in [6, 6.07) is 10.5. The molecule has 0 aliphatic heterocycles. The van der Waals surface area contributed by atoms with Crippen LogP contribution in [0.25, 0.3) is 0 Å². The lowest BCUT2D eigenvalue weighted by atomic mass is 10.1. The van der Waals surface area contributed by atoms with Gasteiger partial charge in [0.25, 0.3) is 5.91 Å². The fraction of sp³-hybridized carbons (Fsp3) is 0.250. The zero-order valence-corrected chi connectivity index (χ0v) is 16.0. The normalized spacial score (nSPS) is 10.8. The van der Waals surface area contributed by atoms with Crippen molar-refractivity contribution in [3.05, 3.63) is 59.7 Å². The number of hydrogen-bond donors (Lipinski definition) is 3. The van der Waals surface area contributed by atoms with Crippen LogP contribution in [0.1, 0.15) is 22.8 Å². The number of nitrogens with one attached hydrogen (secondary N) is 3. The molecule has 2 amide bonds. The Balaban J connectivity index is 2.02. The molecule has 0 aliphatic rings. The molecule has 0 aromatic heterocycles. The molecular formula is C20H20F3N3O4. The first-order valence-electron chi connectivity index (χ1n) is 8.94. The third kappa shape index (κ3) is 6.80. The molecule has 0 aliphatic carbocycles. The van der Waals surface area contributed by atoms with Crippen molar-refractivity contribution >= 4 is 29.2 Å². The zero-order valence-electron chi connectivity index (χ0n) is 16.0. The van der Waals surface area contributed by atoms with Crippen molar-refractivity contribution in [3.8, 4) is 0 Å². The van der Waals surface area contributed by atoms with E-state index in [-0.39, 0.29) is 29.4 Å². The summed E-state index contributed by atoms with van der Waals surface area (Å²) in [6.45, 7) is 1.28. The molecule has 0 fully saturated rings. The molecule has 0 atom stereocenters. The maximum Gasteiger partial charge on any atom is 0.416 e. The minimum Gasteiger partial charge on any atom is -0.452 e. The van der Waals surface area contributed by atoms with Gasteiger partial charge in [0.2, 0.25) is 5.91 Å². The predicted molar refractivity (Wildman–Crippen MR) is 103 cm³/mol. The molecule has 0 bridgehead atoms. The first-order chi connectivity index (χ1) is 14.2. The Bertz CT molecular complexity index is 916. The van der Waals surface area contributed by atoms with Crippen LogP contribution >= 0.6 is 0 Å². The topological polar surface area (TPSA) is 96.5 Å². The number of carbonyl (C=O) groups excluding carboxylic acids is 3. The zero-order chi connectivity index (χ0) is 22.1. The second-order valence-corrected chi connectivity index (χ2v) is 6.06. The average molecular weight is 423 g/mol. The highest BCUT2D eigenvalue weighted by Gasteiger charge is 2.30. The van der Waals surface area contributed by atoms with E-state index in [9.17, 15) is 27.6 Å². The van der Waals surface area contributed by atoms with E-state index < -0.39 is 30.2 Å². The van der Waals surface area contributed by atoms with Crippen LogP contribution in [0.4, 0.5) is 24.5 Å². The molecule has 0 radical (unpaired) electrons. The fourth-order valence-electron chi connectivity index (χ4n) is 2.40. The lowest BCUT2D eigenvalue weighted by Crippen LogP contribution is -2.38. The summed E-state index contributed by atoms with van der Waals surface area (Å²) in [5.41, 5.74) is -0.461. The van der Waals surface area contributed by atoms with Crippen molar-refractivity contribution in [2.75, 3.05) is 25.0 Å². The monoisotopic (exact) mass is 423 g/mol. The van der Waals surface area contributed by atoms with Crippen LogP contribution in [-0.4, -0.2) is 37.5 Å². The van der Waals surface area contributed by atoms with Crippen molar-refractivity contribution in [1.82, 2.24) is 10.6 Å². The number of esters is 1. The molecule has 3 N–H and O–H groups in total. The van der Waals surface area contributed by atoms with Crippen LogP contribution in [0.2, 0.25) is 0 Å². The molecule has 7 nitrogen and oxygen atoms in total. The molecule has 2 aromatic rings. The second-order valence-electron chi connectivity index (χ2n) is 6.06. The first kappa shape index (κ1) is 22.7. The van der Waals surface area contributed by atoms with Crippen LogP contribution in [-0.2, 0) is 20.5 Å². The summed E-state index contributed by atoms with van der Waals surface area (Å²) < 4.78 is 43.6. The van der Waals surface area contributed by atoms with Crippen LogP contribution < -0.4 is 16.0 Å². The molecule has 0 saturated carbocycles. The largest absolute Gasteiger partial charge is 0.452 e. The molecule has 2 rings (SSSR count). The van der Waals surface area contributed by atoms with Gasteiger partial charge in [-0.05, 0) is 37.3 Å². The van der Waals surface area contributed by atoms with Gasteiger partial charge in [0.15, 0.2) is 6.61 Å². The number of likely N-dealkylation sites (N-methyl/N-ethyl adjacent to an activating group) is 1. The maximum absolute atomic E-state index is 12.9. The molecule has 2 aromatic carbocycles. The number of halogens is 3. The number of alkyl halides is 3. The fourth-order valence-corrected chi connectivity index (χ4v) is 2.40. The second kappa shape index (κ2) is 10.3. The Morgan fingerprint density at radius 3 is 2.40 bits per heavy atom. The van der Waals surface area contributed by atoms with Gasteiger partial charge in [-0.1, -0.05) is 18.2 Å². The number of para-hydroxylation sites is 1. The summed E-state index contributed by atoms with van der Waals surface area (Å²) >= 11 is 0. The van der Waals surface area contributed by atoms with Crippen molar-refractivity contribution in [2.45, 2.75) is 13.1 Å². The SMILES string of the molecule is CCNC(=O)CNC(=O)COC(=O)c1ccccc1Nc1cccc(C(F)(F)F)c1. The van der Waals surface area contributed by atoms with Crippen molar-refractivity contribution < 1.29 is 32.3 Å². The molecule has 0 unspecified atom stereocenters. The van der Waals surface area contributed by atoms with Crippen LogP contribution in [0, 0.1) is 0 Å². The van der Waals surface area contributed by atoms with E-state index in [0.29, 0.717) is 6.54 Å². The van der Waals surface area contributed by atoms with Crippen LogP contribution in [0.5, 0.6) is 0 Å². The number of hydrogen-bond acceptors (Lipinski definition) is 5. The Morgan fingerprint density at radius 2 is 1.70 bits per heavy atom. The van der Waals surface area contributed by atoms with Crippen LogP contribution in [0.15, 0.2) is 48.5 Å². The Hall–Kier alpha value is -3.56. The quantitative estimate of drug-likeness (QED) is 0.568. The minimum absolute atomic E-state index is 0.0337. The molecule has 0 heterocycles. The van der Waals surface area contributed by atoms with E-state index in [1.54, 1.807) is 19.1 Å². The van der Waals surface area contributed by atoms with E-state index in [1.165, 1.54) is 24.3 Å². The summed E-state index contributed by atoms with van der Waals surface area (Å²) in [7, 11) is 0. The molecule has 30 heavy (non-hydrogen) atoms. The minimum atomic E-state index is -4.50. The lowest BCUT2D eigenvalue weighted by Gasteiger charge is -2.13. The number of benzene rings is 2. The standard InChI is InChI=1S/C20H20F3N3O4/c1-2-24-17(27)11-25-18(28)12-30-19(29)15-8-3-4-9-16(15)26-14-7-5-6-13(10-14)20(21,22)23/h3-10,26H,2,11-12H2,1H3,(H,24,27)(H,25,28). The predicted octanol–water partition coefficient (Wildman–Crippen LogP) is 2.86. The molecule has 10 heteroatoms. The van der Waals surface area contributed by atoms with Gasteiger partial charge in [0, 0.05) is 12.2 Å². The van der Waals surface area contributed by atoms with Gasteiger partial charge in [-0.25, -0.2) is 4.79 Å². The molecule has 0 saturated heterocycles. The van der Waals surface area contributed by atoms with Gasteiger partial charge in [0.05, 0.1) is 23.4 Å². The van der Waals surface area contributed by atoms with E-state index >= 15 is 0 Å². The molecule has 0 spiro atoms. The number of amides is 2. The van der Waals surface area contributed by atoms with Gasteiger partial charge < -0.3 is 20.7 Å². The van der Waals surface area contributed by atoms with E-state index in [4.69, 9.17) is 4.74 Å². The highest BCUT2D eigenvalue weighted by molar-refractivity contribution is 5.97. The summed E-state index contributed by atoms with van der Waals surface area (Å²) in [5, 5.41) is 7.55. The number of ether oxygens (including phenoxy) is 1. The van der Waals surface area contributed by atoms with Gasteiger partial charge >= 0.3 is 12.1 Å². The summed E-state index contributed by atoms with van der Waals surface area (Å²) in [5.74, 6) is -1.90. The lowest BCUT2D eigenvalue weighted by molar-refractivity contribution is -0.137. The van der Waals surface area contributed by atoms with Gasteiger partial charge in [-0.2, -0.15) is 13.2 Å². The van der Waals surface area contributed by atoms with Gasteiger partial charge in [0.1, 0.15) is 0 Å².